The van der Waals surface area contributed by atoms with Gasteiger partial charge in [0.1, 0.15) is 29.2 Å². The first-order chi connectivity index (χ1) is 14.7. The van der Waals surface area contributed by atoms with Crippen molar-refractivity contribution in [2.75, 3.05) is 13.1 Å². The number of carbonyl (C=O) groups is 1. The number of carbonyl (C=O) groups excluding carboxylic acids is 1. The molecule has 3 unspecified atom stereocenters. The van der Waals surface area contributed by atoms with Crippen LogP contribution in [0.5, 0.6) is 5.75 Å². The third-order valence-electron chi connectivity index (χ3n) is 5.82. The number of halogens is 1. The summed E-state index contributed by atoms with van der Waals surface area (Å²) in [6, 6.07) is 15.9. The van der Waals surface area contributed by atoms with Crippen molar-refractivity contribution in [1.82, 2.24) is 20.7 Å². The Morgan fingerprint density at radius 2 is 1.93 bits per heavy atom. The number of fused-ring (bicyclic) bond motifs is 1. The van der Waals surface area contributed by atoms with Crippen molar-refractivity contribution in [2.45, 2.75) is 31.0 Å². The van der Waals surface area contributed by atoms with Crippen LogP contribution in [0, 0.1) is 5.82 Å². The average Bonchev–Trinajstić information content (AvgIpc) is 3.44. The van der Waals surface area contributed by atoms with E-state index in [0.717, 1.165) is 28.6 Å². The van der Waals surface area contributed by atoms with Gasteiger partial charge in [0.05, 0.1) is 6.54 Å². The Morgan fingerprint density at radius 3 is 2.80 bits per heavy atom. The molecule has 154 valence electrons. The summed E-state index contributed by atoms with van der Waals surface area (Å²) >= 11 is 0. The van der Waals surface area contributed by atoms with Crippen LogP contribution in [0.2, 0.25) is 0 Å². The summed E-state index contributed by atoms with van der Waals surface area (Å²) in [5.74, 6) is 0.556. The van der Waals surface area contributed by atoms with E-state index in [2.05, 4.69) is 15.8 Å². The Bertz CT molecular complexity index is 1050. The molecule has 1 amide bonds. The fourth-order valence-electron chi connectivity index (χ4n) is 4.23. The van der Waals surface area contributed by atoms with Gasteiger partial charge >= 0.3 is 0 Å². The van der Waals surface area contributed by atoms with Crippen molar-refractivity contribution in [1.29, 1.82) is 0 Å². The minimum Gasteiger partial charge on any atom is -0.486 e. The second kappa shape index (κ2) is 8.01. The smallest absolute Gasteiger partial charge is 0.241 e. The molecule has 2 fully saturated rings. The third kappa shape index (κ3) is 3.74. The van der Waals surface area contributed by atoms with Crippen LogP contribution >= 0.6 is 0 Å². The number of hydrogen-bond donors (Lipinski definition) is 2. The van der Waals surface area contributed by atoms with E-state index >= 15 is 0 Å². The zero-order chi connectivity index (χ0) is 20.5. The standard InChI is InChI=1S/C23H23FN4O2/c24-17-8-6-15(7-9-17)19-13-20(27-26-19)23(29)28-12-10-18(14-28)30-21-5-1-3-16-4-2-11-25-22(16)21/h1-9,11,18-20,26-27H,10,12-14H2. The van der Waals surface area contributed by atoms with E-state index in [-0.39, 0.29) is 29.9 Å². The molecule has 2 aliphatic rings. The molecule has 2 N–H and O–H groups in total. The highest BCUT2D eigenvalue weighted by atomic mass is 19.1. The molecule has 5 rings (SSSR count). The number of ether oxygens (including phenoxy) is 1. The van der Waals surface area contributed by atoms with Gasteiger partial charge in [0, 0.05) is 30.6 Å². The van der Waals surface area contributed by atoms with Crippen molar-refractivity contribution in [2.24, 2.45) is 0 Å². The number of amides is 1. The average molecular weight is 406 g/mol. The number of aromatic nitrogens is 1. The second-order valence-electron chi connectivity index (χ2n) is 7.83. The fourth-order valence-corrected chi connectivity index (χ4v) is 4.23. The van der Waals surface area contributed by atoms with Gasteiger partial charge in [-0.2, -0.15) is 0 Å². The minimum absolute atomic E-state index is 0.0176. The molecule has 1 aromatic heterocycles. The SMILES string of the molecule is O=C(C1CC(c2ccc(F)cc2)NN1)N1CCC(Oc2cccc3cccnc23)C1. The summed E-state index contributed by atoms with van der Waals surface area (Å²) < 4.78 is 19.4. The van der Waals surface area contributed by atoms with Crippen molar-refractivity contribution in [3.05, 3.63) is 72.2 Å². The van der Waals surface area contributed by atoms with E-state index in [9.17, 15) is 9.18 Å². The lowest BCUT2D eigenvalue weighted by Gasteiger charge is -2.20. The molecule has 3 heterocycles. The lowest BCUT2D eigenvalue weighted by Crippen LogP contribution is -2.45. The molecule has 2 aliphatic heterocycles. The van der Waals surface area contributed by atoms with Gasteiger partial charge < -0.3 is 9.64 Å². The molecule has 3 atom stereocenters. The molecule has 6 nitrogen and oxygen atoms in total. The van der Waals surface area contributed by atoms with Crippen molar-refractivity contribution >= 4 is 16.8 Å². The monoisotopic (exact) mass is 406 g/mol. The van der Waals surface area contributed by atoms with E-state index in [1.165, 1.54) is 12.1 Å². The molecular weight excluding hydrogens is 383 g/mol. The quantitative estimate of drug-likeness (QED) is 0.697. The van der Waals surface area contributed by atoms with Gasteiger partial charge in [-0.05, 0) is 36.2 Å². The predicted octanol–water partition coefficient (Wildman–Crippen LogP) is 2.96. The Morgan fingerprint density at radius 1 is 1.10 bits per heavy atom. The van der Waals surface area contributed by atoms with Crippen LogP contribution in [-0.4, -0.2) is 41.0 Å². The highest BCUT2D eigenvalue weighted by Crippen LogP contribution is 2.28. The van der Waals surface area contributed by atoms with Crippen LogP contribution < -0.4 is 15.6 Å². The number of rotatable bonds is 4. The molecule has 0 radical (unpaired) electrons. The fraction of sp³-hybridized carbons (Fsp3) is 0.304. The number of benzene rings is 2. The van der Waals surface area contributed by atoms with Gasteiger partial charge in [-0.25, -0.2) is 15.2 Å². The van der Waals surface area contributed by atoms with Crippen molar-refractivity contribution in [3.63, 3.8) is 0 Å². The first-order valence-electron chi connectivity index (χ1n) is 10.2. The van der Waals surface area contributed by atoms with Gasteiger partial charge in [-0.3, -0.25) is 9.78 Å². The van der Waals surface area contributed by atoms with Gasteiger partial charge in [-0.1, -0.05) is 30.3 Å². The predicted molar refractivity (Wildman–Crippen MR) is 111 cm³/mol. The topological polar surface area (TPSA) is 66.5 Å². The van der Waals surface area contributed by atoms with Crippen LogP contribution in [0.4, 0.5) is 4.39 Å². The summed E-state index contributed by atoms with van der Waals surface area (Å²) in [6.45, 7) is 1.22. The largest absolute Gasteiger partial charge is 0.486 e. The molecule has 0 spiro atoms. The maximum absolute atomic E-state index is 13.1. The molecule has 0 bridgehead atoms. The van der Waals surface area contributed by atoms with E-state index in [4.69, 9.17) is 4.74 Å². The lowest BCUT2D eigenvalue weighted by molar-refractivity contribution is -0.132. The molecule has 2 aromatic carbocycles. The van der Waals surface area contributed by atoms with Crippen LogP contribution in [0.15, 0.2) is 60.8 Å². The molecule has 7 heteroatoms. The number of para-hydroxylation sites is 1. The molecule has 2 saturated heterocycles. The highest BCUT2D eigenvalue weighted by Gasteiger charge is 2.36. The number of hydrogen-bond acceptors (Lipinski definition) is 5. The van der Waals surface area contributed by atoms with E-state index < -0.39 is 0 Å². The maximum Gasteiger partial charge on any atom is 0.241 e. The minimum atomic E-state index is -0.307. The Labute approximate surface area is 174 Å². The van der Waals surface area contributed by atoms with Crippen LogP contribution in [0.3, 0.4) is 0 Å². The van der Waals surface area contributed by atoms with E-state index in [1.807, 2.05) is 35.2 Å². The summed E-state index contributed by atoms with van der Waals surface area (Å²) in [6.07, 6.45) is 3.12. The van der Waals surface area contributed by atoms with E-state index in [0.29, 0.717) is 19.5 Å². The van der Waals surface area contributed by atoms with Crippen LogP contribution in [0.1, 0.15) is 24.4 Å². The molecule has 30 heavy (non-hydrogen) atoms. The van der Waals surface area contributed by atoms with Crippen LogP contribution in [-0.2, 0) is 4.79 Å². The molecule has 0 aliphatic carbocycles. The van der Waals surface area contributed by atoms with Gasteiger partial charge in [-0.15, -0.1) is 0 Å². The summed E-state index contributed by atoms with van der Waals surface area (Å²) in [5.41, 5.74) is 8.06. The first kappa shape index (κ1) is 19.0. The normalized spacial score (nSPS) is 23.8. The number of nitrogens with one attached hydrogen (secondary N) is 2. The summed E-state index contributed by atoms with van der Waals surface area (Å²) in [5, 5.41) is 1.04. The third-order valence-corrected chi connectivity index (χ3v) is 5.82. The second-order valence-corrected chi connectivity index (χ2v) is 7.83. The first-order valence-corrected chi connectivity index (χ1v) is 10.2. The molecular formula is C23H23FN4O2. The highest BCUT2D eigenvalue weighted by molar-refractivity contribution is 5.84. The maximum atomic E-state index is 13.1. The molecule has 3 aromatic rings. The number of pyridine rings is 1. The Kier molecular flexibility index (Phi) is 5.06. The Balaban J connectivity index is 1.20. The summed E-state index contributed by atoms with van der Waals surface area (Å²) in [7, 11) is 0. The van der Waals surface area contributed by atoms with E-state index in [1.54, 1.807) is 18.3 Å². The van der Waals surface area contributed by atoms with Gasteiger partial charge in [0.25, 0.3) is 0 Å². The van der Waals surface area contributed by atoms with Crippen molar-refractivity contribution < 1.29 is 13.9 Å². The van der Waals surface area contributed by atoms with Gasteiger partial charge in [0.2, 0.25) is 5.91 Å². The van der Waals surface area contributed by atoms with Crippen LogP contribution in [0.25, 0.3) is 10.9 Å². The van der Waals surface area contributed by atoms with Crippen molar-refractivity contribution in [3.8, 4) is 5.75 Å². The zero-order valence-corrected chi connectivity index (χ0v) is 16.4. The zero-order valence-electron chi connectivity index (χ0n) is 16.4. The Hall–Kier alpha value is -3.03. The number of likely N-dealkylation sites (tertiary alicyclic amines) is 1. The lowest BCUT2D eigenvalue weighted by atomic mass is 10.0. The number of hydrazine groups is 1. The molecule has 0 saturated carbocycles. The van der Waals surface area contributed by atoms with Gasteiger partial charge in [0.15, 0.2) is 0 Å². The number of nitrogens with zero attached hydrogens (tertiary/aromatic N) is 2. The summed E-state index contributed by atoms with van der Waals surface area (Å²) in [4.78, 5) is 19.3.